The van der Waals surface area contributed by atoms with Crippen LogP contribution in [0.4, 0.5) is 11.4 Å². The van der Waals surface area contributed by atoms with Gasteiger partial charge in [-0.15, -0.1) is 10.2 Å². The van der Waals surface area contributed by atoms with Gasteiger partial charge in [-0.05, 0) is 24.3 Å². The number of morpholine rings is 1. The standard InChI is InChI=1S/C14H18N4O2/c1-11-16-17-14(20-11)10-15-12-2-4-13(5-3-12)18-6-8-19-9-7-18/h2-5,15H,6-10H2,1H3. The van der Waals surface area contributed by atoms with Gasteiger partial charge in [0.15, 0.2) is 0 Å². The third kappa shape index (κ3) is 3.08. The second-order valence-electron chi connectivity index (χ2n) is 4.71. The van der Waals surface area contributed by atoms with Crippen LogP contribution in [0.25, 0.3) is 0 Å². The van der Waals surface area contributed by atoms with E-state index in [1.165, 1.54) is 5.69 Å². The largest absolute Gasteiger partial charge is 0.424 e. The molecule has 1 fully saturated rings. The number of hydrogen-bond donors (Lipinski definition) is 1. The average molecular weight is 274 g/mol. The molecule has 0 bridgehead atoms. The number of aryl methyl sites for hydroxylation is 1. The molecule has 0 radical (unpaired) electrons. The normalized spacial score (nSPS) is 15.3. The lowest BCUT2D eigenvalue weighted by molar-refractivity contribution is 0.122. The molecule has 106 valence electrons. The molecule has 1 aromatic carbocycles. The lowest BCUT2D eigenvalue weighted by atomic mass is 10.2. The van der Waals surface area contributed by atoms with E-state index < -0.39 is 0 Å². The molecule has 3 rings (SSSR count). The van der Waals surface area contributed by atoms with Crippen molar-refractivity contribution in [3.05, 3.63) is 36.0 Å². The van der Waals surface area contributed by atoms with E-state index in [1.54, 1.807) is 6.92 Å². The fraction of sp³-hybridized carbons (Fsp3) is 0.429. The lowest BCUT2D eigenvalue weighted by Crippen LogP contribution is -2.36. The van der Waals surface area contributed by atoms with Crippen LogP contribution in [-0.4, -0.2) is 36.5 Å². The summed E-state index contributed by atoms with van der Waals surface area (Å²) in [6.07, 6.45) is 0. The molecule has 0 amide bonds. The van der Waals surface area contributed by atoms with Crippen LogP contribution < -0.4 is 10.2 Å². The van der Waals surface area contributed by atoms with Gasteiger partial charge in [0.2, 0.25) is 11.8 Å². The van der Waals surface area contributed by atoms with Crippen LogP contribution >= 0.6 is 0 Å². The summed E-state index contributed by atoms with van der Waals surface area (Å²) in [7, 11) is 0. The van der Waals surface area contributed by atoms with E-state index in [0.717, 1.165) is 32.0 Å². The highest BCUT2D eigenvalue weighted by atomic mass is 16.5. The Morgan fingerprint density at radius 3 is 2.55 bits per heavy atom. The number of rotatable bonds is 4. The van der Waals surface area contributed by atoms with E-state index in [2.05, 4.69) is 44.7 Å². The van der Waals surface area contributed by atoms with Crippen molar-refractivity contribution in [3.8, 4) is 0 Å². The van der Waals surface area contributed by atoms with Crippen LogP contribution in [0.2, 0.25) is 0 Å². The SMILES string of the molecule is Cc1nnc(CNc2ccc(N3CCOCC3)cc2)o1. The van der Waals surface area contributed by atoms with Crippen molar-refractivity contribution in [2.24, 2.45) is 0 Å². The van der Waals surface area contributed by atoms with Crippen LogP contribution in [0.15, 0.2) is 28.7 Å². The summed E-state index contributed by atoms with van der Waals surface area (Å²) in [6.45, 7) is 5.83. The highest BCUT2D eigenvalue weighted by Gasteiger charge is 2.10. The molecule has 1 N–H and O–H groups in total. The molecule has 20 heavy (non-hydrogen) atoms. The molecule has 6 heteroatoms. The zero-order valence-corrected chi connectivity index (χ0v) is 11.5. The maximum absolute atomic E-state index is 5.36. The maximum Gasteiger partial charge on any atom is 0.235 e. The van der Waals surface area contributed by atoms with E-state index in [1.807, 2.05) is 0 Å². The summed E-state index contributed by atoms with van der Waals surface area (Å²) < 4.78 is 10.7. The molecule has 2 heterocycles. The van der Waals surface area contributed by atoms with Gasteiger partial charge in [-0.3, -0.25) is 0 Å². The van der Waals surface area contributed by atoms with Crippen LogP contribution in [0.5, 0.6) is 0 Å². The molecule has 1 aromatic heterocycles. The Kier molecular flexibility index (Phi) is 3.83. The summed E-state index contributed by atoms with van der Waals surface area (Å²) in [5.74, 6) is 1.18. The fourth-order valence-corrected chi connectivity index (χ4v) is 2.20. The number of aromatic nitrogens is 2. The molecule has 0 atom stereocenters. The lowest BCUT2D eigenvalue weighted by Gasteiger charge is -2.28. The van der Waals surface area contributed by atoms with Crippen LogP contribution in [0, 0.1) is 6.92 Å². The summed E-state index contributed by atoms with van der Waals surface area (Å²) in [6, 6.07) is 8.36. The van der Waals surface area contributed by atoms with Gasteiger partial charge < -0.3 is 19.4 Å². The molecule has 0 spiro atoms. The van der Waals surface area contributed by atoms with Crippen molar-refractivity contribution in [3.63, 3.8) is 0 Å². The number of benzene rings is 1. The first kappa shape index (κ1) is 12.9. The third-order valence-corrected chi connectivity index (χ3v) is 3.26. The summed E-state index contributed by atoms with van der Waals surface area (Å²) >= 11 is 0. The second kappa shape index (κ2) is 5.92. The van der Waals surface area contributed by atoms with Crippen molar-refractivity contribution in [1.82, 2.24) is 10.2 Å². The van der Waals surface area contributed by atoms with Gasteiger partial charge in [-0.1, -0.05) is 0 Å². The van der Waals surface area contributed by atoms with Gasteiger partial charge in [-0.25, -0.2) is 0 Å². The van der Waals surface area contributed by atoms with Gasteiger partial charge >= 0.3 is 0 Å². The Balaban J connectivity index is 1.58. The number of nitrogens with one attached hydrogen (secondary N) is 1. The second-order valence-corrected chi connectivity index (χ2v) is 4.71. The van der Waals surface area contributed by atoms with E-state index in [4.69, 9.17) is 9.15 Å². The zero-order valence-electron chi connectivity index (χ0n) is 11.5. The zero-order chi connectivity index (χ0) is 13.8. The highest BCUT2D eigenvalue weighted by molar-refractivity contribution is 5.55. The number of hydrogen-bond acceptors (Lipinski definition) is 6. The van der Waals surface area contributed by atoms with Crippen LogP contribution in [-0.2, 0) is 11.3 Å². The first-order valence-corrected chi connectivity index (χ1v) is 6.77. The highest BCUT2D eigenvalue weighted by Crippen LogP contribution is 2.19. The molecule has 0 unspecified atom stereocenters. The van der Waals surface area contributed by atoms with Gasteiger partial charge in [-0.2, -0.15) is 0 Å². The number of anilines is 2. The van der Waals surface area contributed by atoms with Crippen molar-refractivity contribution in [2.75, 3.05) is 36.5 Å². The van der Waals surface area contributed by atoms with Crippen molar-refractivity contribution < 1.29 is 9.15 Å². The molecule has 1 aliphatic rings. The Morgan fingerprint density at radius 1 is 1.15 bits per heavy atom. The first-order chi connectivity index (χ1) is 9.81. The topological polar surface area (TPSA) is 63.4 Å². The van der Waals surface area contributed by atoms with E-state index in [-0.39, 0.29) is 0 Å². The van der Waals surface area contributed by atoms with Crippen molar-refractivity contribution in [1.29, 1.82) is 0 Å². The Bertz CT molecular complexity index is 547. The van der Waals surface area contributed by atoms with Gasteiger partial charge in [0.05, 0.1) is 19.8 Å². The minimum Gasteiger partial charge on any atom is -0.424 e. The van der Waals surface area contributed by atoms with Gasteiger partial charge in [0.25, 0.3) is 0 Å². The Hall–Kier alpha value is -2.08. The first-order valence-electron chi connectivity index (χ1n) is 6.77. The molecule has 1 aliphatic heterocycles. The molecule has 2 aromatic rings. The van der Waals surface area contributed by atoms with Gasteiger partial charge in [0.1, 0.15) is 0 Å². The van der Waals surface area contributed by atoms with Crippen LogP contribution in [0.1, 0.15) is 11.8 Å². The van der Waals surface area contributed by atoms with Gasteiger partial charge in [0, 0.05) is 31.4 Å². The minimum absolute atomic E-state index is 0.539. The predicted octanol–water partition coefficient (Wildman–Crippen LogP) is 1.83. The molecule has 6 nitrogen and oxygen atoms in total. The summed E-state index contributed by atoms with van der Waals surface area (Å²) in [4.78, 5) is 2.33. The minimum atomic E-state index is 0.539. The Labute approximate surface area is 117 Å². The predicted molar refractivity (Wildman–Crippen MR) is 75.8 cm³/mol. The summed E-state index contributed by atoms with van der Waals surface area (Å²) in [5, 5.41) is 11.0. The average Bonchev–Trinajstić information content (AvgIpc) is 2.92. The molecule has 1 saturated heterocycles. The van der Waals surface area contributed by atoms with Crippen LogP contribution in [0.3, 0.4) is 0 Å². The molecular weight excluding hydrogens is 256 g/mol. The number of ether oxygens (including phenoxy) is 1. The summed E-state index contributed by atoms with van der Waals surface area (Å²) in [5.41, 5.74) is 2.27. The monoisotopic (exact) mass is 274 g/mol. The molecule has 0 saturated carbocycles. The van der Waals surface area contributed by atoms with Crippen molar-refractivity contribution >= 4 is 11.4 Å². The smallest absolute Gasteiger partial charge is 0.235 e. The van der Waals surface area contributed by atoms with E-state index in [0.29, 0.717) is 18.3 Å². The Morgan fingerprint density at radius 2 is 1.90 bits per heavy atom. The molecule has 0 aliphatic carbocycles. The number of nitrogens with zero attached hydrogens (tertiary/aromatic N) is 3. The fourth-order valence-electron chi connectivity index (χ4n) is 2.20. The van der Waals surface area contributed by atoms with E-state index in [9.17, 15) is 0 Å². The molecular formula is C14H18N4O2. The maximum atomic E-state index is 5.36. The van der Waals surface area contributed by atoms with Crippen molar-refractivity contribution in [2.45, 2.75) is 13.5 Å². The van der Waals surface area contributed by atoms with E-state index >= 15 is 0 Å². The quantitative estimate of drug-likeness (QED) is 0.917. The third-order valence-electron chi connectivity index (χ3n) is 3.26.